The van der Waals surface area contributed by atoms with E-state index in [-0.39, 0.29) is 12.0 Å². The number of carbonyl (C=O) groups is 1. The Morgan fingerprint density at radius 2 is 1.86 bits per heavy atom. The first kappa shape index (κ1) is 15.5. The van der Waals surface area contributed by atoms with E-state index in [0.717, 1.165) is 10.9 Å². The number of carbonyl (C=O) groups excluding carboxylic acids is 1. The Labute approximate surface area is 126 Å². The zero-order valence-electron chi connectivity index (χ0n) is 12.9. The Morgan fingerprint density at radius 3 is 2.57 bits per heavy atom. The molecule has 2 aromatic carbocycles. The summed E-state index contributed by atoms with van der Waals surface area (Å²) >= 11 is 0. The van der Waals surface area contributed by atoms with Crippen molar-refractivity contribution in [1.29, 1.82) is 0 Å². The number of rotatable bonds is 5. The molecule has 0 aliphatic carbocycles. The lowest BCUT2D eigenvalue weighted by atomic mass is 9.83. The lowest BCUT2D eigenvalue weighted by molar-refractivity contribution is -0.154. The molecule has 112 valence electrons. The first-order valence-electron chi connectivity index (χ1n) is 7.36. The summed E-state index contributed by atoms with van der Waals surface area (Å²) < 4.78 is 5.14. The third-order valence-corrected chi connectivity index (χ3v) is 3.78. The zero-order valence-corrected chi connectivity index (χ0v) is 12.9. The van der Waals surface area contributed by atoms with E-state index in [1.54, 1.807) is 0 Å². The standard InChI is InChI=1S/C18H23NO2/c1-4-21-17(20)18(2,3)12-16(19)15-11-7-9-13-8-5-6-10-14(13)15/h5-11,16H,4,12,19H2,1-3H3. The van der Waals surface area contributed by atoms with Crippen molar-refractivity contribution in [2.45, 2.75) is 33.2 Å². The van der Waals surface area contributed by atoms with Crippen molar-refractivity contribution >= 4 is 16.7 Å². The fourth-order valence-electron chi connectivity index (χ4n) is 2.64. The number of hydrogen-bond donors (Lipinski definition) is 1. The number of ether oxygens (including phenoxy) is 1. The highest BCUT2D eigenvalue weighted by atomic mass is 16.5. The van der Waals surface area contributed by atoms with Crippen molar-refractivity contribution in [2.75, 3.05) is 6.61 Å². The predicted molar refractivity (Wildman–Crippen MR) is 85.9 cm³/mol. The maximum atomic E-state index is 12.0. The third kappa shape index (κ3) is 3.42. The number of esters is 1. The number of fused-ring (bicyclic) bond motifs is 1. The van der Waals surface area contributed by atoms with Crippen LogP contribution in [-0.4, -0.2) is 12.6 Å². The van der Waals surface area contributed by atoms with E-state index in [1.165, 1.54) is 5.39 Å². The van der Waals surface area contributed by atoms with Crippen LogP contribution in [0.5, 0.6) is 0 Å². The van der Waals surface area contributed by atoms with Crippen molar-refractivity contribution in [2.24, 2.45) is 11.1 Å². The van der Waals surface area contributed by atoms with Gasteiger partial charge in [-0.15, -0.1) is 0 Å². The largest absolute Gasteiger partial charge is 0.466 e. The highest BCUT2D eigenvalue weighted by molar-refractivity contribution is 5.86. The maximum absolute atomic E-state index is 12.0. The fraction of sp³-hybridized carbons (Fsp3) is 0.389. The molecule has 0 aliphatic heterocycles. The Morgan fingerprint density at radius 1 is 1.19 bits per heavy atom. The number of nitrogens with two attached hydrogens (primary N) is 1. The van der Waals surface area contributed by atoms with Crippen molar-refractivity contribution < 1.29 is 9.53 Å². The Hall–Kier alpha value is -1.87. The maximum Gasteiger partial charge on any atom is 0.311 e. The molecule has 2 rings (SSSR count). The molecule has 1 unspecified atom stereocenters. The minimum atomic E-state index is -0.591. The van der Waals surface area contributed by atoms with Gasteiger partial charge in [0.15, 0.2) is 0 Å². The monoisotopic (exact) mass is 285 g/mol. The van der Waals surface area contributed by atoms with Crippen molar-refractivity contribution in [3.63, 3.8) is 0 Å². The summed E-state index contributed by atoms with van der Waals surface area (Å²) in [5.74, 6) is -0.194. The average Bonchev–Trinajstić information content (AvgIpc) is 2.46. The van der Waals surface area contributed by atoms with Gasteiger partial charge in [0, 0.05) is 6.04 Å². The van der Waals surface area contributed by atoms with E-state index in [4.69, 9.17) is 10.5 Å². The first-order valence-corrected chi connectivity index (χ1v) is 7.36. The van der Waals surface area contributed by atoms with Gasteiger partial charge in [0.25, 0.3) is 0 Å². The SMILES string of the molecule is CCOC(=O)C(C)(C)CC(N)c1cccc2ccccc12. The minimum absolute atomic E-state index is 0.194. The van der Waals surface area contributed by atoms with Crippen molar-refractivity contribution in [1.82, 2.24) is 0 Å². The molecule has 3 nitrogen and oxygen atoms in total. The molecule has 0 spiro atoms. The first-order chi connectivity index (χ1) is 9.95. The van der Waals surface area contributed by atoms with Crippen molar-refractivity contribution in [3.8, 4) is 0 Å². The van der Waals surface area contributed by atoms with Crippen LogP contribution in [0.1, 0.15) is 38.8 Å². The molecule has 0 saturated heterocycles. The molecule has 3 heteroatoms. The number of hydrogen-bond acceptors (Lipinski definition) is 3. The topological polar surface area (TPSA) is 52.3 Å². The van der Waals surface area contributed by atoms with Gasteiger partial charge in [0.2, 0.25) is 0 Å². The van der Waals surface area contributed by atoms with Gasteiger partial charge in [0.05, 0.1) is 12.0 Å². The summed E-state index contributed by atoms with van der Waals surface area (Å²) in [6.07, 6.45) is 0.555. The Bertz CT molecular complexity index is 629. The third-order valence-electron chi connectivity index (χ3n) is 3.78. The summed E-state index contributed by atoms with van der Waals surface area (Å²) in [7, 11) is 0. The summed E-state index contributed by atoms with van der Waals surface area (Å²) in [5.41, 5.74) is 6.86. The molecule has 0 heterocycles. The second-order valence-electron chi connectivity index (χ2n) is 5.98. The van der Waals surface area contributed by atoms with Gasteiger partial charge in [-0.1, -0.05) is 42.5 Å². The molecule has 0 aliphatic rings. The lowest BCUT2D eigenvalue weighted by Gasteiger charge is -2.26. The van der Waals surface area contributed by atoms with E-state index in [2.05, 4.69) is 18.2 Å². The lowest BCUT2D eigenvalue weighted by Crippen LogP contribution is -2.31. The molecule has 1 atom stereocenters. The Kier molecular flexibility index (Phi) is 4.63. The smallest absolute Gasteiger partial charge is 0.311 e. The predicted octanol–water partition coefficient (Wildman–Crippen LogP) is 3.82. The molecule has 0 aromatic heterocycles. The second-order valence-corrected chi connectivity index (χ2v) is 5.98. The number of benzene rings is 2. The fourth-order valence-corrected chi connectivity index (χ4v) is 2.64. The Balaban J connectivity index is 2.27. The van der Waals surface area contributed by atoms with E-state index in [1.807, 2.05) is 45.0 Å². The van der Waals surface area contributed by atoms with Gasteiger partial charge < -0.3 is 10.5 Å². The highest BCUT2D eigenvalue weighted by Gasteiger charge is 2.32. The molecule has 0 saturated carbocycles. The average molecular weight is 285 g/mol. The van der Waals surface area contributed by atoms with Gasteiger partial charge in [-0.2, -0.15) is 0 Å². The van der Waals surface area contributed by atoms with Crippen LogP contribution in [0, 0.1) is 5.41 Å². The summed E-state index contributed by atoms with van der Waals surface area (Å²) in [6.45, 7) is 5.98. The van der Waals surface area contributed by atoms with E-state index in [0.29, 0.717) is 13.0 Å². The van der Waals surface area contributed by atoms with E-state index < -0.39 is 5.41 Å². The summed E-state index contributed by atoms with van der Waals surface area (Å²) in [4.78, 5) is 12.0. The van der Waals surface area contributed by atoms with Crippen LogP contribution in [0.25, 0.3) is 10.8 Å². The molecular weight excluding hydrogens is 262 g/mol. The second kappa shape index (κ2) is 6.27. The quantitative estimate of drug-likeness (QED) is 0.850. The van der Waals surface area contributed by atoms with Crippen LogP contribution in [0.2, 0.25) is 0 Å². The normalized spacial score (nSPS) is 13.1. The van der Waals surface area contributed by atoms with Gasteiger partial charge in [0.1, 0.15) is 0 Å². The minimum Gasteiger partial charge on any atom is -0.466 e. The molecule has 0 fully saturated rings. The van der Waals surface area contributed by atoms with Gasteiger partial charge in [-0.3, -0.25) is 4.79 Å². The van der Waals surface area contributed by atoms with Crippen LogP contribution in [0.3, 0.4) is 0 Å². The molecule has 0 radical (unpaired) electrons. The van der Waals surface area contributed by atoms with Crippen LogP contribution < -0.4 is 5.73 Å². The van der Waals surface area contributed by atoms with Gasteiger partial charge in [-0.25, -0.2) is 0 Å². The van der Waals surface area contributed by atoms with Gasteiger partial charge >= 0.3 is 5.97 Å². The van der Waals surface area contributed by atoms with Crippen LogP contribution >= 0.6 is 0 Å². The van der Waals surface area contributed by atoms with Crippen LogP contribution in [0.4, 0.5) is 0 Å². The van der Waals surface area contributed by atoms with E-state index >= 15 is 0 Å². The van der Waals surface area contributed by atoms with Crippen molar-refractivity contribution in [3.05, 3.63) is 48.0 Å². The highest BCUT2D eigenvalue weighted by Crippen LogP contribution is 2.32. The van der Waals surface area contributed by atoms with E-state index in [9.17, 15) is 4.79 Å². The molecule has 2 aromatic rings. The molecule has 0 amide bonds. The van der Waals surface area contributed by atoms with Crippen LogP contribution in [0.15, 0.2) is 42.5 Å². The molecule has 21 heavy (non-hydrogen) atoms. The summed E-state index contributed by atoms with van der Waals surface area (Å²) in [5, 5.41) is 2.31. The van der Waals surface area contributed by atoms with Gasteiger partial charge in [-0.05, 0) is 43.5 Å². The molecular formula is C18H23NO2. The zero-order chi connectivity index (χ0) is 15.5. The summed E-state index contributed by atoms with van der Waals surface area (Å²) in [6, 6.07) is 14.1. The molecule has 0 bridgehead atoms. The van der Waals surface area contributed by atoms with Crippen LogP contribution in [-0.2, 0) is 9.53 Å². The molecule has 2 N–H and O–H groups in total.